The SMILES string of the molecule is CCOC(=O)c1cc2cc(C3CCN(C(C)C)CC3)ccc2[nH]1.Nc1cccc(Cl)c1. The van der Waals surface area contributed by atoms with E-state index in [9.17, 15) is 4.79 Å². The maximum atomic E-state index is 11.8. The molecular weight excluding hydrogens is 410 g/mol. The van der Waals surface area contributed by atoms with Gasteiger partial charge >= 0.3 is 5.97 Å². The van der Waals surface area contributed by atoms with Crippen LogP contribution in [0.25, 0.3) is 10.9 Å². The number of nitrogens with one attached hydrogen (secondary N) is 1. The lowest BCUT2D eigenvalue weighted by Gasteiger charge is -2.34. The van der Waals surface area contributed by atoms with Crippen LogP contribution in [0.15, 0.2) is 48.5 Å². The number of hydrogen-bond acceptors (Lipinski definition) is 4. The Hall–Kier alpha value is -2.50. The molecule has 2 heterocycles. The highest BCUT2D eigenvalue weighted by atomic mass is 35.5. The lowest BCUT2D eigenvalue weighted by Crippen LogP contribution is -2.37. The Kier molecular flexibility index (Phi) is 7.99. The number of nitrogen functional groups attached to an aromatic ring is 1. The highest BCUT2D eigenvalue weighted by molar-refractivity contribution is 6.30. The zero-order chi connectivity index (χ0) is 22.4. The molecule has 0 unspecified atom stereocenters. The second kappa shape index (κ2) is 10.7. The zero-order valence-electron chi connectivity index (χ0n) is 18.5. The predicted octanol–water partition coefficient (Wildman–Crippen LogP) is 5.85. The van der Waals surface area contributed by atoms with Gasteiger partial charge in [0.15, 0.2) is 0 Å². The van der Waals surface area contributed by atoms with Crippen molar-refractivity contribution in [1.29, 1.82) is 0 Å². The number of piperidine rings is 1. The van der Waals surface area contributed by atoms with Crippen LogP contribution in [0.4, 0.5) is 5.69 Å². The third-order valence-electron chi connectivity index (χ3n) is 5.72. The number of esters is 1. The first kappa shape index (κ1) is 23.2. The number of ether oxygens (including phenoxy) is 1. The Labute approximate surface area is 189 Å². The van der Waals surface area contributed by atoms with Crippen LogP contribution < -0.4 is 5.73 Å². The van der Waals surface area contributed by atoms with E-state index in [4.69, 9.17) is 22.1 Å². The number of carbonyl (C=O) groups is 1. The van der Waals surface area contributed by atoms with Gasteiger partial charge in [-0.05, 0) is 94.6 Å². The van der Waals surface area contributed by atoms with Crippen molar-refractivity contribution in [2.45, 2.75) is 45.6 Å². The minimum atomic E-state index is -0.282. The summed E-state index contributed by atoms with van der Waals surface area (Å²) in [4.78, 5) is 17.5. The summed E-state index contributed by atoms with van der Waals surface area (Å²) in [6.07, 6.45) is 2.41. The van der Waals surface area contributed by atoms with Crippen molar-refractivity contribution in [1.82, 2.24) is 9.88 Å². The Balaban J connectivity index is 0.000000287. The molecule has 1 aliphatic heterocycles. The first-order chi connectivity index (χ1) is 14.9. The average Bonchev–Trinajstić information content (AvgIpc) is 3.18. The van der Waals surface area contributed by atoms with Gasteiger partial charge in [0.05, 0.1) is 6.61 Å². The van der Waals surface area contributed by atoms with E-state index in [-0.39, 0.29) is 5.97 Å². The van der Waals surface area contributed by atoms with Crippen LogP contribution in [-0.4, -0.2) is 41.6 Å². The van der Waals surface area contributed by atoms with Crippen LogP contribution in [0.3, 0.4) is 0 Å². The van der Waals surface area contributed by atoms with E-state index in [0.29, 0.717) is 35.0 Å². The Morgan fingerprint density at radius 2 is 1.94 bits per heavy atom. The maximum Gasteiger partial charge on any atom is 0.354 e. The van der Waals surface area contributed by atoms with Crippen molar-refractivity contribution in [3.05, 3.63) is 64.8 Å². The molecule has 1 aliphatic rings. The summed E-state index contributed by atoms with van der Waals surface area (Å²) in [5.41, 5.74) is 9.00. The Morgan fingerprint density at radius 1 is 1.19 bits per heavy atom. The Bertz CT molecular complexity index is 990. The molecule has 0 radical (unpaired) electrons. The number of carbonyl (C=O) groups excluding carboxylic acids is 1. The topological polar surface area (TPSA) is 71.3 Å². The number of nitrogens with zero attached hydrogens (tertiary/aromatic N) is 1. The summed E-state index contributed by atoms with van der Waals surface area (Å²) in [5, 5.41) is 1.78. The van der Waals surface area contributed by atoms with Gasteiger partial charge in [-0.1, -0.05) is 23.7 Å². The minimum Gasteiger partial charge on any atom is -0.461 e. The van der Waals surface area contributed by atoms with E-state index >= 15 is 0 Å². The van der Waals surface area contributed by atoms with Crippen molar-refractivity contribution in [3.8, 4) is 0 Å². The Morgan fingerprint density at radius 3 is 2.52 bits per heavy atom. The third-order valence-corrected chi connectivity index (χ3v) is 5.96. The van der Waals surface area contributed by atoms with Crippen LogP contribution in [0.5, 0.6) is 0 Å². The first-order valence-electron chi connectivity index (χ1n) is 10.9. The molecule has 4 rings (SSSR count). The molecule has 5 nitrogen and oxygen atoms in total. The number of likely N-dealkylation sites (tertiary alicyclic amines) is 1. The first-order valence-corrected chi connectivity index (χ1v) is 11.3. The molecule has 31 heavy (non-hydrogen) atoms. The van der Waals surface area contributed by atoms with Gasteiger partial charge in [0, 0.05) is 27.7 Å². The molecule has 0 spiro atoms. The van der Waals surface area contributed by atoms with Gasteiger partial charge < -0.3 is 20.4 Å². The number of H-pyrrole nitrogens is 1. The number of aromatic nitrogens is 1. The molecule has 0 saturated carbocycles. The number of benzene rings is 2. The lowest BCUT2D eigenvalue weighted by molar-refractivity contribution is 0.0520. The van der Waals surface area contributed by atoms with Crippen molar-refractivity contribution < 1.29 is 9.53 Å². The van der Waals surface area contributed by atoms with Crippen molar-refractivity contribution in [3.63, 3.8) is 0 Å². The van der Waals surface area contributed by atoms with Gasteiger partial charge in [0.25, 0.3) is 0 Å². The summed E-state index contributed by atoms with van der Waals surface area (Å²) in [5.74, 6) is 0.339. The molecular formula is C25H32ClN3O2. The number of halogens is 1. The van der Waals surface area contributed by atoms with E-state index in [1.54, 1.807) is 18.2 Å². The monoisotopic (exact) mass is 441 g/mol. The normalized spacial score (nSPS) is 15.0. The second-order valence-corrected chi connectivity index (χ2v) is 8.65. The van der Waals surface area contributed by atoms with Gasteiger partial charge in [-0.15, -0.1) is 0 Å². The molecule has 0 amide bonds. The molecule has 0 aliphatic carbocycles. The van der Waals surface area contributed by atoms with E-state index in [2.05, 4.69) is 41.9 Å². The number of rotatable bonds is 4. The van der Waals surface area contributed by atoms with E-state index in [0.717, 1.165) is 10.9 Å². The standard InChI is InChI=1S/C19H26N2O2.C6H6ClN/c1-4-23-19(22)18-12-16-11-15(5-6-17(16)20-18)14-7-9-21(10-8-14)13(2)3;7-5-2-1-3-6(8)4-5/h5-6,11-14,20H,4,7-10H2,1-3H3;1-4H,8H2. The molecule has 0 bridgehead atoms. The van der Waals surface area contributed by atoms with E-state index in [1.807, 2.05) is 19.1 Å². The largest absolute Gasteiger partial charge is 0.461 e. The summed E-state index contributed by atoms with van der Waals surface area (Å²) < 4.78 is 5.06. The molecule has 3 aromatic rings. The van der Waals surface area contributed by atoms with Gasteiger partial charge in [-0.2, -0.15) is 0 Å². The number of fused-ring (bicyclic) bond motifs is 1. The highest BCUT2D eigenvalue weighted by Crippen LogP contribution is 2.31. The van der Waals surface area contributed by atoms with Crippen molar-refractivity contribution in [2.24, 2.45) is 0 Å². The summed E-state index contributed by atoms with van der Waals surface area (Å²) in [7, 11) is 0. The van der Waals surface area contributed by atoms with Gasteiger partial charge in [-0.3, -0.25) is 0 Å². The van der Waals surface area contributed by atoms with Crippen LogP contribution in [0, 0.1) is 0 Å². The summed E-state index contributed by atoms with van der Waals surface area (Å²) >= 11 is 5.56. The highest BCUT2D eigenvalue weighted by Gasteiger charge is 2.22. The second-order valence-electron chi connectivity index (χ2n) is 8.21. The fraction of sp³-hybridized carbons (Fsp3) is 0.400. The predicted molar refractivity (Wildman–Crippen MR) is 129 cm³/mol. The van der Waals surface area contributed by atoms with Crippen LogP contribution in [0.2, 0.25) is 5.02 Å². The average molecular weight is 442 g/mol. The lowest BCUT2D eigenvalue weighted by atomic mass is 9.88. The zero-order valence-corrected chi connectivity index (χ0v) is 19.3. The van der Waals surface area contributed by atoms with Crippen LogP contribution >= 0.6 is 11.6 Å². The van der Waals surface area contributed by atoms with Crippen LogP contribution in [0.1, 0.15) is 55.6 Å². The van der Waals surface area contributed by atoms with Crippen LogP contribution in [-0.2, 0) is 4.74 Å². The number of aromatic amines is 1. The van der Waals surface area contributed by atoms with Gasteiger partial charge in [0.2, 0.25) is 0 Å². The fourth-order valence-electron chi connectivity index (χ4n) is 3.98. The maximum absolute atomic E-state index is 11.8. The van der Waals surface area contributed by atoms with Gasteiger partial charge in [0.1, 0.15) is 5.69 Å². The molecule has 1 aromatic heterocycles. The van der Waals surface area contributed by atoms with E-state index in [1.165, 1.54) is 31.5 Å². The molecule has 6 heteroatoms. The van der Waals surface area contributed by atoms with E-state index < -0.39 is 0 Å². The van der Waals surface area contributed by atoms with Crippen molar-refractivity contribution in [2.75, 3.05) is 25.4 Å². The summed E-state index contributed by atoms with van der Waals surface area (Å²) in [6, 6.07) is 16.2. The smallest absolute Gasteiger partial charge is 0.354 e. The molecule has 3 N–H and O–H groups in total. The number of hydrogen-bond donors (Lipinski definition) is 2. The fourth-order valence-corrected chi connectivity index (χ4v) is 4.18. The summed E-state index contributed by atoms with van der Waals surface area (Å²) in [6.45, 7) is 9.09. The van der Waals surface area contributed by atoms with Gasteiger partial charge in [-0.25, -0.2) is 4.79 Å². The minimum absolute atomic E-state index is 0.282. The third kappa shape index (κ3) is 6.25. The number of anilines is 1. The molecule has 166 valence electrons. The molecule has 1 fully saturated rings. The molecule has 2 aromatic carbocycles. The van der Waals surface area contributed by atoms with Crippen molar-refractivity contribution >= 4 is 34.2 Å². The number of nitrogens with two attached hydrogens (primary N) is 1. The quantitative estimate of drug-likeness (QED) is 0.393. The molecule has 0 atom stereocenters. The molecule has 1 saturated heterocycles.